The van der Waals surface area contributed by atoms with Gasteiger partial charge < -0.3 is 4.42 Å². The summed E-state index contributed by atoms with van der Waals surface area (Å²) in [5.74, 6) is 1.10. The second kappa shape index (κ2) is 7.11. The van der Waals surface area contributed by atoms with Gasteiger partial charge in [-0.2, -0.15) is 10.4 Å². The number of amides is 1. The number of likely N-dealkylation sites (tertiary alicyclic amines) is 1. The minimum absolute atomic E-state index is 0.157. The SMILES string of the molecule is Cc1oc(NC(=O)[C@H](C)N2CCC[C@H](c3ccn[nH]3)C2)c(C#N)c1C. The maximum atomic E-state index is 12.7. The van der Waals surface area contributed by atoms with Crippen molar-refractivity contribution in [2.24, 2.45) is 0 Å². The number of piperidine rings is 1. The normalized spacial score (nSPS) is 19.4. The second-order valence-electron chi connectivity index (χ2n) is 6.61. The minimum atomic E-state index is -0.303. The first-order chi connectivity index (χ1) is 12.0. The number of nitrogens with one attached hydrogen (secondary N) is 2. The Bertz CT molecular complexity index is 787. The van der Waals surface area contributed by atoms with E-state index >= 15 is 0 Å². The standard InChI is InChI=1S/C18H23N5O2/c1-11-13(3)25-18(15(11)9-19)21-17(24)12(2)23-8-4-5-14(10-23)16-6-7-20-22-16/h6-7,12,14H,4-5,8,10H2,1-3H3,(H,20,22)(H,21,24)/t12-,14-/m0/s1. The summed E-state index contributed by atoms with van der Waals surface area (Å²) in [6, 6.07) is 3.79. The number of aromatic amines is 1. The molecular weight excluding hydrogens is 318 g/mol. The Hall–Kier alpha value is -2.59. The average Bonchev–Trinajstić information content (AvgIpc) is 3.24. The van der Waals surface area contributed by atoms with Crippen LogP contribution in [0.2, 0.25) is 0 Å². The molecule has 1 saturated heterocycles. The highest BCUT2D eigenvalue weighted by atomic mass is 16.4. The number of hydrogen-bond acceptors (Lipinski definition) is 5. The Balaban J connectivity index is 1.68. The third-order valence-electron chi connectivity index (χ3n) is 5.08. The Morgan fingerprint density at radius 2 is 2.36 bits per heavy atom. The molecular formula is C18H23N5O2. The van der Waals surface area contributed by atoms with Crippen molar-refractivity contribution in [3.63, 3.8) is 0 Å². The molecule has 0 aliphatic carbocycles. The Kier molecular flexibility index (Phi) is 4.91. The van der Waals surface area contributed by atoms with Crippen molar-refractivity contribution < 1.29 is 9.21 Å². The van der Waals surface area contributed by atoms with E-state index in [1.54, 1.807) is 13.1 Å². The fraction of sp³-hybridized carbons (Fsp3) is 0.500. The summed E-state index contributed by atoms with van der Waals surface area (Å²) < 4.78 is 5.54. The number of H-pyrrole nitrogens is 1. The molecule has 0 bridgehead atoms. The van der Waals surface area contributed by atoms with Crippen LogP contribution in [0.3, 0.4) is 0 Å². The van der Waals surface area contributed by atoms with E-state index < -0.39 is 0 Å². The molecule has 0 saturated carbocycles. The zero-order valence-corrected chi connectivity index (χ0v) is 14.8. The van der Waals surface area contributed by atoms with Gasteiger partial charge in [-0.15, -0.1) is 0 Å². The first kappa shape index (κ1) is 17.2. The van der Waals surface area contributed by atoms with E-state index in [4.69, 9.17) is 4.42 Å². The van der Waals surface area contributed by atoms with Crippen LogP contribution in [0.1, 0.15) is 48.3 Å². The molecule has 2 atom stereocenters. The van der Waals surface area contributed by atoms with Gasteiger partial charge in [-0.05, 0) is 46.2 Å². The van der Waals surface area contributed by atoms with Gasteiger partial charge in [0.05, 0.1) is 6.04 Å². The maximum absolute atomic E-state index is 12.7. The molecule has 0 spiro atoms. The van der Waals surface area contributed by atoms with Crippen LogP contribution in [-0.2, 0) is 4.79 Å². The van der Waals surface area contributed by atoms with Crippen molar-refractivity contribution >= 4 is 11.8 Å². The highest BCUT2D eigenvalue weighted by Crippen LogP contribution is 2.28. The molecule has 1 fully saturated rings. The summed E-state index contributed by atoms with van der Waals surface area (Å²) in [6.07, 6.45) is 3.88. The first-order valence-electron chi connectivity index (χ1n) is 8.55. The Labute approximate surface area is 147 Å². The quantitative estimate of drug-likeness (QED) is 0.891. The van der Waals surface area contributed by atoms with Crippen LogP contribution >= 0.6 is 0 Å². The van der Waals surface area contributed by atoms with Crippen LogP contribution in [0.4, 0.5) is 5.88 Å². The Morgan fingerprint density at radius 3 is 3.04 bits per heavy atom. The lowest BCUT2D eigenvalue weighted by atomic mass is 9.94. The number of nitriles is 1. The molecule has 25 heavy (non-hydrogen) atoms. The van der Waals surface area contributed by atoms with Crippen LogP contribution in [-0.4, -0.2) is 40.1 Å². The van der Waals surface area contributed by atoms with Crippen LogP contribution in [0.5, 0.6) is 0 Å². The van der Waals surface area contributed by atoms with Gasteiger partial charge >= 0.3 is 0 Å². The fourth-order valence-electron chi connectivity index (χ4n) is 3.34. The third-order valence-corrected chi connectivity index (χ3v) is 5.08. The van der Waals surface area contributed by atoms with Crippen molar-refractivity contribution in [1.29, 1.82) is 5.26 Å². The number of hydrogen-bond donors (Lipinski definition) is 2. The van der Waals surface area contributed by atoms with Crippen LogP contribution in [0, 0.1) is 25.2 Å². The van der Waals surface area contributed by atoms with Crippen molar-refractivity contribution in [2.75, 3.05) is 18.4 Å². The number of furan rings is 1. The van der Waals surface area contributed by atoms with Gasteiger partial charge in [0.2, 0.25) is 11.8 Å². The van der Waals surface area contributed by atoms with Crippen molar-refractivity contribution in [3.05, 3.63) is 34.8 Å². The van der Waals surface area contributed by atoms with Gasteiger partial charge in [-0.1, -0.05) is 0 Å². The van der Waals surface area contributed by atoms with Gasteiger partial charge in [0.1, 0.15) is 17.4 Å². The summed E-state index contributed by atoms with van der Waals surface area (Å²) in [5.41, 5.74) is 2.27. The monoisotopic (exact) mass is 341 g/mol. The molecule has 2 aromatic heterocycles. The third kappa shape index (κ3) is 3.44. The number of anilines is 1. The summed E-state index contributed by atoms with van der Waals surface area (Å²) >= 11 is 0. The zero-order chi connectivity index (χ0) is 18.0. The molecule has 132 valence electrons. The van der Waals surface area contributed by atoms with Gasteiger partial charge in [-0.25, -0.2) is 0 Å². The molecule has 2 aromatic rings. The van der Waals surface area contributed by atoms with E-state index in [2.05, 4.69) is 26.5 Å². The van der Waals surface area contributed by atoms with Crippen LogP contribution < -0.4 is 5.32 Å². The highest BCUT2D eigenvalue weighted by molar-refractivity contribution is 5.94. The molecule has 7 nitrogen and oxygen atoms in total. The van der Waals surface area contributed by atoms with Crippen LogP contribution in [0.15, 0.2) is 16.7 Å². The second-order valence-corrected chi connectivity index (χ2v) is 6.61. The van der Waals surface area contributed by atoms with Gasteiger partial charge in [0.25, 0.3) is 0 Å². The predicted octanol–water partition coefficient (Wildman–Crippen LogP) is 2.70. The summed E-state index contributed by atoms with van der Waals surface area (Å²) in [4.78, 5) is 14.8. The Morgan fingerprint density at radius 1 is 1.56 bits per heavy atom. The van der Waals surface area contributed by atoms with Gasteiger partial charge in [0.15, 0.2) is 0 Å². The van der Waals surface area contributed by atoms with E-state index in [0.29, 0.717) is 17.2 Å². The summed E-state index contributed by atoms with van der Waals surface area (Å²) in [7, 11) is 0. The average molecular weight is 341 g/mol. The van der Waals surface area contributed by atoms with E-state index in [0.717, 1.165) is 37.2 Å². The minimum Gasteiger partial charge on any atom is -0.444 e. The van der Waals surface area contributed by atoms with Gasteiger partial charge in [-0.3, -0.25) is 20.1 Å². The largest absolute Gasteiger partial charge is 0.444 e. The number of carbonyl (C=O) groups is 1. The lowest BCUT2D eigenvalue weighted by molar-refractivity contribution is -0.121. The van der Waals surface area contributed by atoms with Crippen molar-refractivity contribution in [1.82, 2.24) is 15.1 Å². The molecule has 2 N–H and O–H groups in total. The van der Waals surface area contributed by atoms with E-state index in [-0.39, 0.29) is 17.8 Å². The topological polar surface area (TPSA) is 97.9 Å². The number of nitrogens with zero attached hydrogens (tertiary/aromatic N) is 3. The lowest BCUT2D eigenvalue weighted by Gasteiger charge is -2.35. The molecule has 0 unspecified atom stereocenters. The lowest BCUT2D eigenvalue weighted by Crippen LogP contribution is -2.46. The van der Waals surface area contributed by atoms with E-state index in [1.165, 1.54) is 0 Å². The summed E-state index contributed by atoms with van der Waals surface area (Å²) in [6.45, 7) is 7.17. The molecule has 7 heteroatoms. The molecule has 1 aliphatic rings. The molecule has 3 heterocycles. The zero-order valence-electron chi connectivity index (χ0n) is 14.8. The maximum Gasteiger partial charge on any atom is 0.243 e. The molecule has 0 radical (unpaired) electrons. The molecule has 3 rings (SSSR count). The smallest absolute Gasteiger partial charge is 0.243 e. The summed E-state index contributed by atoms with van der Waals surface area (Å²) in [5, 5.41) is 19.1. The highest BCUT2D eigenvalue weighted by Gasteiger charge is 2.29. The number of carbonyl (C=O) groups excluding carboxylic acids is 1. The molecule has 1 aliphatic heterocycles. The number of rotatable bonds is 4. The first-order valence-corrected chi connectivity index (χ1v) is 8.55. The van der Waals surface area contributed by atoms with Gasteiger partial charge in [0, 0.05) is 29.9 Å². The number of aromatic nitrogens is 2. The predicted molar refractivity (Wildman–Crippen MR) is 93.1 cm³/mol. The van der Waals surface area contributed by atoms with E-state index in [9.17, 15) is 10.1 Å². The number of aryl methyl sites for hydroxylation is 1. The van der Waals surface area contributed by atoms with Crippen molar-refractivity contribution in [3.8, 4) is 6.07 Å². The van der Waals surface area contributed by atoms with Crippen LogP contribution in [0.25, 0.3) is 0 Å². The van der Waals surface area contributed by atoms with E-state index in [1.807, 2.05) is 19.9 Å². The fourth-order valence-corrected chi connectivity index (χ4v) is 3.34. The molecule has 0 aromatic carbocycles. The van der Waals surface area contributed by atoms with Crippen molar-refractivity contribution in [2.45, 2.75) is 45.6 Å². The molecule has 1 amide bonds.